The van der Waals surface area contributed by atoms with Crippen LogP contribution in [0.25, 0.3) is 0 Å². The van der Waals surface area contributed by atoms with Gasteiger partial charge in [0.1, 0.15) is 5.75 Å². The topological polar surface area (TPSA) is 54.5 Å². The van der Waals surface area contributed by atoms with Crippen LogP contribution in [0.2, 0.25) is 0 Å². The number of methoxy groups -OCH3 is 1. The van der Waals surface area contributed by atoms with Crippen molar-refractivity contribution in [3.63, 3.8) is 0 Å². The van der Waals surface area contributed by atoms with Gasteiger partial charge in [0.2, 0.25) is 0 Å². The van der Waals surface area contributed by atoms with E-state index in [9.17, 15) is 4.79 Å². The molecule has 1 heterocycles. The molecule has 5 nitrogen and oxygen atoms in total. The highest BCUT2D eigenvalue weighted by Gasteiger charge is 2.27. The van der Waals surface area contributed by atoms with Gasteiger partial charge in [-0.3, -0.25) is 0 Å². The Morgan fingerprint density at radius 2 is 2.38 bits per heavy atom. The highest BCUT2D eigenvalue weighted by molar-refractivity contribution is 7.09. The van der Waals surface area contributed by atoms with Crippen LogP contribution in [0.4, 0.5) is 4.79 Å². The summed E-state index contributed by atoms with van der Waals surface area (Å²) >= 11 is 1.63. The molecule has 0 radical (unpaired) electrons. The quantitative estimate of drug-likeness (QED) is 0.901. The highest BCUT2D eigenvalue weighted by atomic mass is 32.1. The molecule has 1 aliphatic carbocycles. The summed E-state index contributed by atoms with van der Waals surface area (Å²) in [4.78, 5) is 18.6. The van der Waals surface area contributed by atoms with Crippen LogP contribution in [0.5, 0.6) is 5.75 Å². The Bertz CT molecular complexity index is 702. The number of aromatic nitrogens is 1. The zero-order valence-corrected chi connectivity index (χ0v) is 15.1. The molecule has 6 heteroatoms. The summed E-state index contributed by atoms with van der Waals surface area (Å²) in [5.41, 5.74) is 2.38. The first-order chi connectivity index (χ1) is 11.6. The van der Waals surface area contributed by atoms with Crippen LogP contribution in [0.3, 0.4) is 0 Å². The minimum atomic E-state index is -0.0425. The van der Waals surface area contributed by atoms with E-state index in [2.05, 4.69) is 23.3 Å². The molecule has 24 heavy (non-hydrogen) atoms. The number of rotatable bonds is 5. The normalized spacial score (nSPS) is 17.2. The zero-order chi connectivity index (χ0) is 17.1. The summed E-state index contributed by atoms with van der Waals surface area (Å²) in [5, 5.41) is 6.18. The van der Waals surface area contributed by atoms with Gasteiger partial charge in [-0.1, -0.05) is 19.1 Å². The lowest BCUT2D eigenvalue weighted by atomic mass is 10.1. The molecular formula is C18H23N3O2S. The molecule has 2 atom stereocenters. The number of urea groups is 1. The molecule has 128 valence electrons. The third kappa shape index (κ3) is 3.38. The minimum Gasteiger partial charge on any atom is -0.496 e. The van der Waals surface area contributed by atoms with Crippen molar-refractivity contribution >= 4 is 17.4 Å². The maximum atomic E-state index is 12.5. The summed E-state index contributed by atoms with van der Waals surface area (Å²) in [5.74, 6) is 1.15. The molecule has 1 aromatic carbocycles. The Kier molecular flexibility index (Phi) is 5.04. The predicted octanol–water partition coefficient (Wildman–Crippen LogP) is 3.58. The first kappa shape index (κ1) is 16.8. The van der Waals surface area contributed by atoms with Gasteiger partial charge in [0, 0.05) is 31.1 Å². The summed E-state index contributed by atoms with van der Waals surface area (Å²) in [6.45, 7) is 2.75. The molecule has 2 aromatic rings. The second-order valence-electron chi connectivity index (χ2n) is 6.22. The van der Waals surface area contributed by atoms with Gasteiger partial charge in [-0.25, -0.2) is 9.78 Å². The number of fused-ring (bicyclic) bond motifs is 1. The molecule has 0 spiro atoms. The van der Waals surface area contributed by atoms with E-state index in [0.717, 1.165) is 23.6 Å². The average Bonchev–Trinajstić information content (AvgIpc) is 3.24. The van der Waals surface area contributed by atoms with E-state index < -0.39 is 0 Å². The van der Waals surface area contributed by atoms with Crippen LogP contribution in [-0.2, 0) is 6.42 Å². The average molecular weight is 345 g/mol. The second kappa shape index (κ2) is 7.21. The van der Waals surface area contributed by atoms with E-state index >= 15 is 0 Å². The monoisotopic (exact) mass is 345 g/mol. The Hall–Kier alpha value is -2.08. The standard InChI is InChI=1S/C18H23N3O2S/c1-12(17-19-9-10-24-17)11-21(2)18(22)20-15-8-7-14-13(15)5-4-6-16(14)23-3/h4-6,9-10,12,15H,7-8,11H2,1-3H3,(H,20,22)/t12-,15+/m0/s1. The van der Waals surface area contributed by atoms with Crippen molar-refractivity contribution in [1.29, 1.82) is 0 Å². The van der Waals surface area contributed by atoms with Crippen LogP contribution < -0.4 is 10.1 Å². The van der Waals surface area contributed by atoms with E-state index in [-0.39, 0.29) is 18.0 Å². The van der Waals surface area contributed by atoms with Gasteiger partial charge in [-0.15, -0.1) is 11.3 Å². The molecular weight excluding hydrogens is 322 g/mol. The van der Waals surface area contributed by atoms with Crippen LogP contribution in [0, 0.1) is 0 Å². The smallest absolute Gasteiger partial charge is 0.317 e. The van der Waals surface area contributed by atoms with Gasteiger partial charge in [0.15, 0.2) is 0 Å². The Labute approximate surface area is 146 Å². The van der Waals surface area contributed by atoms with Gasteiger partial charge >= 0.3 is 6.03 Å². The minimum absolute atomic E-state index is 0.0425. The number of likely N-dealkylation sites (N-methyl/N-ethyl adjacent to an activating group) is 1. The lowest BCUT2D eigenvalue weighted by molar-refractivity contribution is 0.202. The Morgan fingerprint density at radius 3 is 3.08 bits per heavy atom. The summed E-state index contributed by atoms with van der Waals surface area (Å²) in [6, 6.07) is 6.05. The van der Waals surface area contributed by atoms with Crippen molar-refractivity contribution in [2.24, 2.45) is 0 Å². The van der Waals surface area contributed by atoms with Gasteiger partial charge in [-0.05, 0) is 30.0 Å². The lowest BCUT2D eigenvalue weighted by Gasteiger charge is -2.23. The molecule has 1 aliphatic rings. The van der Waals surface area contributed by atoms with Crippen molar-refractivity contribution < 1.29 is 9.53 Å². The van der Waals surface area contributed by atoms with E-state index in [0.29, 0.717) is 6.54 Å². The van der Waals surface area contributed by atoms with E-state index in [1.807, 2.05) is 24.6 Å². The number of carbonyl (C=O) groups excluding carboxylic acids is 1. The van der Waals surface area contributed by atoms with Gasteiger partial charge in [-0.2, -0.15) is 0 Å². The number of benzene rings is 1. The van der Waals surface area contributed by atoms with Crippen LogP contribution in [-0.4, -0.2) is 36.6 Å². The molecule has 0 aliphatic heterocycles. The first-order valence-electron chi connectivity index (χ1n) is 8.17. The zero-order valence-electron chi connectivity index (χ0n) is 14.3. The highest BCUT2D eigenvalue weighted by Crippen LogP contribution is 2.36. The molecule has 1 aromatic heterocycles. The maximum Gasteiger partial charge on any atom is 0.317 e. The number of nitrogens with one attached hydrogen (secondary N) is 1. The summed E-state index contributed by atoms with van der Waals surface area (Å²) in [6.07, 6.45) is 3.65. The Balaban J connectivity index is 1.62. The molecule has 0 unspecified atom stereocenters. The molecule has 0 bridgehead atoms. The number of nitrogens with zero attached hydrogens (tertiary/aromatic N) is 2. The summed E-state index contributed by atoms with van der Waals surface area (Å²) < 4.78 is 5.42. The van der Waals surface area contributed by atoms with Crippen molar-refractivity contribution in [1.82, 2.24) is 15.2 Å². The Morgan fingerprint density at radius 1 is 1.54 bits per heavy atom. The SMILES string of the molecule is COc1cccc2c1CC[C@H]2NC(=O)N(C)C[C@H](C)c1nccs1. The van der Waals surface area contributed by atoms with E-state index in [1.165, 1.54) is 11.1 Å². The van der Waals surface area contributed by atoms with Crippen LogP contribution in [0.1, 0.15) is 41.4 Å². The molecule has 0 fully saturated rings. The number of thiazole rings is 1. The maximum absolute atomic E-state index is 12.5. The number of hydrogen-bond acceptors (Lipinski definition) is 4. The third-order valence-corrected chi connectivity index (χ3v) is 5.52. The largest absolute Gasteiger partial charge is 0.496 e. The molecule has 2 amide bonds. The molecule has 0 saturated heterocycles. The lowest BCUT2D eigenvalue weighted by Crippen LogP contribution is -2.40. The van der Waals surface area contributed by atoms with Crippen LogP contribution >= 0.6 is 11.3 Å². The van der Waals surface area contributed by atoms with E-state index in [4.69, 9.17) is 4.74 Å². The summed E-state index contributed by atoms with van der Waals surface area (Å²) in [7, 11) is 3.52. The van der Waals surface area contributed by atoms with E-state index in [1.54, 1.807) is 29.5 Å². The van der Waals surface area contributed by atoms with Gasteiger partial charge in [0.05, 0.1) is 18.2 Å². The fourth-order valence-corrected chi connectivity index (χ4v) is 3.96. The van der Waals surface area contributed by atoms with Gasteiger partial charge < -0.3 is 15.0 Å². The van der Waals surface area contributed by atoms with Crippen LogP contribution in [0.15, 0.2) is 29.8 Å². The van der Waals surface area contributed by atoms with Crippen molar-refractivity contribution in [2.45, 2.75) is 31.7 Å². The molecule has 1 N–H and O–H groups in total. The molecule has 3 rings (SSSR count). The first-order valence-corrected chi connectivity index (χ1v) is 9.05. The number of carbonyl (C=O) groups is 1. The second-order valence-corrected chi connectivity index (χ2v) is 7.15. The third-order valence-electron chi connectivity index (χ3n) is 4.51. The predicted molar refractivity (Wildman–Crippen MR) is 95.7 cm³/mol. The van der Waals surface area contributed by atoms with Gasteiger partial charge in [0.25, 0.3) is 0 Å². The van der Waals surface area contributed by atoms with Crippen molar-refractivity contribution in [3.05, 3.63) is 45.9 Å². The number of hydrogen-bond donors (Lipinski definition) is 1. The fraction of sp³-hybridized carbons (Fsp3) is 0.444. The number of ether oxygens (including phenoxy) is 1. The van der Waals surface area contributed by atoms with Crippen molar-refractivity contribution in [2.75, 3.05) is 20.7 Å². The van der Waals surface area contributed by atoms with Crippen molar-refractivity contribution in [3.8, 4) is 5.75 Å². The number of amides is 2. The molecule has 0 saturated carbocycles. The fourth-order valence-electron chi connectivity index (χ4n) is 3.27.